The first-order chi connectivity index (χ1) is 11.0. The fraction of sp³-hybridized carbons (Fsp3) is 0.850. The number of hydrogen-bond acceptors (Lipinski definition) is 3. The summed E-state index contributed by atoms with van der Waals surface area (Å²) < 4.78 is 12.1. The van der Waals surface area contributed by atoms with Crippen LogP contribution >= 0.6 is 0 Å². The van der Waals surface area contributed by atoms with Crippen molar-refractivity contribution in [1.82, 2.24) is 0 Å². The van der Waals surface area contributed by atoms with E-state index in [1.165, 1.54) is 19.3 Å². The van der Waals surface area contributed by atoms with Gasteiger partial charge in [-0.25, -0.2) is 0 Å². The summed E-state index contributed by atoms with van der Waals surface area (Å²) in [4.78, 5) is 11.7. The quantitative estimate of drug-likeness (QED) is 0.433. The molecule has 2 aliphatic rings. The molecular weight excluding hydrogens is 288 g/mol. The zero-order valence-electron chi connectivity index (χ0n) is 15.4. The van der Waals surface area contributed by atoms with Gasteiger partial charge in [-0.1, -0.05) is 39.8 Å². The van der Waals surface area contributed by atoms with Gasteiger partial charge in [0.2, 0.25) is 0 Å². The van der Waals surface area contributed by atoms with E-state index in [0.29, 0.717) is 12.3 Å². The minimum atomic E-state index is -0.348. The summed E-state index contributed by atoms with van der Waals surface area (Å²) in [7, 11) is 0. The molecule has 0 N–H and O–H groups in total. The molecule has 2 aliphatic heterocycles. The van der Waals surface area contributed by atoms with E-state index >= 15 is 0 Å². The van der Waals surface area contributed by atoms with Crippen LogP contribution in [0.3, 0.4) is 0 Å². The molecule has 4 unspecified atom stereocenters. The highest BCUT2D eigenvalue weighted by Gasteiger charge is 2.60. The van der Waals surface area contributed by atoms with E-state index in [1.54, 1.807) is 0 Å². The molecule has 0 aromatic carbocycles. The summed E-state index contributed by atoms with van der Waals surface area (Å²) in [6, 6.07) is 0. The van der Waals surface area contributed by atoms with Crippen LogP contribution in [0.5, 0.6) is 0 Å². The number of rotatable bonds is 9. The van der Waals surface area contributed by atoms with Gasteiger partial charge in [-0.3, -0.25) is 4.79 Å². The maximum atomic E-state index is 11.7. The Morgan fingerprint density at radius 1 is 1.26 bits per heavy atom. The third kappa shape index (κ3) is 3.99. The Bertz CT molecular complexity index is 431. The van der Waals surface area contributed by atoms with Gasteiger partial charge in [0, 0.05) is 6.42 Å². The van der Waals surface area contributed by atoms with Crippen molar-refractivity contribution in [2.75, 3.05) is 0 Å². The first-order valence-electron chi connectivity index (χ1n) is 9.59. The minimum absolute atomic E-state index is 0.0260. The molecule has 0 saturated carbocycles. The summed E-state index contributed by atoms with van der Waals surface area (Å²) in [6.07, 6.45) is 13.6. The standard InChI is InChI=1S/C20H34O3/c1-5-9-11-16(6-2)12-10-13-19(7-3)15-20(8-4)17(22-19)14-18(21)23-20/h9,11,16-17H,5-8,10,12-15H2,1-4H3. The van der Waals surface area contributed by atoms with Crippen LogP contribution in [-0.2, 0) is 14.3 Å². The van der Waals surface area contributed by atoms with E-state index in [-0.39, 0.29) is 23.3 Å². The molecule has 4 atom stereocenters. The van der Waals surface area contributed by atoms with Crippen LogP contribution in [0.15, 0.2) is 12.2 Å². The van der Waals surface area contributed by atoms with Crippen molar-refractivity contribution in [3.05, 3.63) is 12.2 Å². The summed E-state index contributed by atoms with van der Waals surface area (Å²) >= 11 is 0. The van der Waals surface area contributed by atoms with Gasteiger partial charge in [-0.15, -0.1) is 0 Å². The molecule has 2 rings (SSSR count). The zero-order chi connectivity index (χ0) is 16.9. The molecule has 0 bridgehead atoms. The number of esters is 1. The fourth-order valence-electron chi connectivity index (χ4n) is 4.27. The zero-order valence-corrected chi connectivity index (χ0v) is 15.4. The highest BCUT2D eigenvalue weighted by molar-refractivity contribution is 5.73. The first kappa shape index (κ1) is 18.5. The SMILES string of the molecule is CCC=CC(CC)CCCC1(CC)CC2(CC)OC(=O)CC2O1. The van der Waals surface area contributed by atoms with Crippen LogP contribution in [0.4, 0.5) is 0 Å². The van der Waals surface area contributed by atoms with Gasteiger partial charge in [0.1, 0.15) is 11.7 Å². The molecule has 2 heterocycles. The molecule has 0 spiro atoms. The number of allylic oxidation sites excluding steroid dienone is 2. The molecule has 2 saturated heterocycles. The Morgan fingerprint density at radius 2 is 2.04 bits per heavy atom. The normalized spacial score (nSPS) is 34.8. The average molecular weight is 322 g/mol. The van der Waals surface area contributed by atoms with Gasteiger partial charge in [0.25, 0.3) is 0 Å². The van der Waals surface area contributed by atoms with E-state index in [2.05, 4.69) is 39.8 Å². The second kappa shape index (κ2) is 7.83. The Labute approximate surface area is 141 Å². The fourth-order valence-corrected chi connectivity index (χ4v) is 4.27. The molecule has 3 heteroatoms. The maximum absolute atomic E-state index is 11.7. The van der Waals surface area contributed by atoms with Gasteiger partial charge in [-0.05, 0) is 50.9 Å². The van der Waals surface area contributed by atoms with E-state index in [9.17, 15) is 4.79 Å². The molecule has 132 valence electrons. The molecule has 0 aromatic heterocycles. The van der Waals surface area contributed by atoms with Gasteiger partial charge in [0.15, 0.2) is 0 Å². The maximum Gasteiger partial charge on any atom is 0.309 e. The van der Waals surface area contributed by atoms with Crippen LogP contribution in [0.1, 0.15) is 85.5 Å². The second-order valence-corrected chi connectivity index (χ2v) is 7.31. The van der Waals surface area contributed by atoms with Gasteiger partial charge >= 0.3 is 5.97 Å². The summed E-state index contributed by atoms with van der Waals surface area (Å²) in [5.74, 6) is 0.597. The molecule has 0 amide bonds. The van der Waals surface area contributed by atoms with Gasteiger partial charge in [0.05, 0.1) is 12.0 Å². The number of ether oxygens (including phenoxy) is 2. The lowest BCUT2D eigenvalue weighted by Crippen LogP contribution is -2.35. The van der Waals surface area contributed by atoms with Crippen molar-refractivity contribution < 1.29 is 14.3 Å². The summed E-state index contributed by atoms with van der Waals surface area (Å²) in [5.41, 5.74) is -0.437. The van der Waals surface area contributed by atoms with Crippen molar-refractivity contribution in [1.29, 1.82) is 0 Å². The predicted octanol–water partition coefficient (Wildman–Crippen LogP) is 5.18. The Kier molecular flexibility index (Phi) is 6.30. The molecule has 0 radical (unpaired) electrons. The largest absolute Gasteiger partial charge is 0.456 e. The number of carbonyl (C=O) groups excluding carboxylic acids is 1. The van der Waals surface area contributed by atoms with Crippen molar-refractivity contribution in [2.45, 2.75) is 103 Å². The lowest BCUT2D eigenvalue weighted by molar-refractivity contribution is -0.149. The van der Waals surface area contributed by atoms with Gasteiger partial charge in [-0.2, -0.15) is 0 Å². The molecule has 3 nitrogen and oxygen atoms in total. The summed E-state index contributed by atoms with van der Waals surface area (Å²) in [5, 5.41) is 0. The predicted molar refractivity (Wildman–Crippen MR) is 93.3 cm³/mol. The minimum Gasteiger partial charge on any atom is -0.456 e. The smallest absolute Gasteiger partial charge is 0.309 e. The average Bonchev–Trinajstić information content (AvgIpc) is 3.00. The van der Waals surface area contributed by atoms with Crippen molar-refractivity contribution in [3.63, 3.8) is 0 Å². The summed E-state index contributed by atoms with van der Waals surface area (Å²) in [6.45, 7) is 8.78. The third-order valence-electron chi connectivity index (χ3n) is 5.89. The molecule has 23 heavy (non-hydrogen) atoms. The van der Waals surface area contributed by atoms with Crippen LogP contribution < -0.4 is 0 Å². The van der Waals surface area contributed by atoms with Crippen molar-refractivity contribution in [2.24, 2.45) is 5.92 Å². The molecule has 2 fully saturated rings. The topological polar surface area (TPSA) is 35.5 Å². The van der Waals surface area contributed by atoms with Crippen molar-refractivity contribution >= 4 is 5.97 Å². The number of hydrogen-bond donors (Lipinski definition) is 0. The van der Waals surface area contributed by atoms with Crippen LogP contribution in [0, 0.1) is 5.92 Å². The monoisotopic (exact) mass is 322 g/mol. The van der Waals surface area contributed by atoms with E-state index in [1.807, 2.05) is 0 Å². The van der Waals surface area contributed by atoms with Crippen LogP contribution in [0.2, 0.25) is 0 Å². The number of carbonyl (C=O) groups is 1. The first-order valence-corrected chi connectivity index (χ1v) is 9.59. The van der Waals surface area contributed by atoms with Gasteiger partial charge < -0.3 is 9.47 Å². The van der Waals surface area contributed by atoms with Crippen LogP contribution in [-0.4, -0.2) is 23.3 Å². The van der Waals surface area contributed by atoms with Crippen molar-refractivity contribution in [3.8, 4) is 0 Å². The highest BCUT2D eigenvalue weighted by Crippen LogP contribution is 2.51. The lowest BCUT2D eigenvalue weighted by atomic mass is 9.81. The van der Waals surface area contributed by atoms with E-state index < -0.39 is 0 Å². The van der Waals surface area contributed by atoms with E-state index in [0.717, 1.165) is 32.1 Å². The number of fused-ring (bicyclic) bond motifs is 1. The lowest BCUT2D eigenvalue weighted by Gasteiger charge is -2.30. The molecular formula is C20H34O3. The Morgan fingerprint density at radius 3 is 2.61 bits per heavy atom. The Balaban J connectivity index is 1.93. The third-order valence-corrected chi connectivity index (χ3v) is 5.89. The molecule has 0 aromatic rings. The second-order valence-electron chi connectivity index (χ2n) is 7.31. The Hall–Kier alpha value is -0.830. The highest BCUT2D eigenvalue weighted by atomic mass is 16.6. The molecule has 0 aliphatic carbocycles. The van der Waals surface area contributed by atoms with Crippen LogP contribution in [0.25, 0.3) is 0 Å². The van der Waals surface area contributed by atoms with E-state index in [4.69, 9.17) is 9.47 Å².